The second-order valence-corrected chi connectivity index (χ2v) is 9.22. The van der Waals surface area contributed by atoms with E-state index in [9.17, 15) is 14.4 Å². The van der Waals surface area contributed by atoms with Crippen LogP contribution in [-0.2, 0) is 15.1 Å². The number of anilines is 1. The number of hydrogen-bond acceptors (Lipinski definition) is 7. The normalized spacial score (nSPS) is 21.8. The number of carbonyl (C=O) groups excluding carboxylic acids is 3. The first-order chi connectivity index (χ1) is 17.4. The number of benzene rings is 2. The molecule has 2 aromatic rings. The molecule has 3 heterocycles. The highest BCUT2D eigenvalue weighted by Crippen LogP contribution is 2.36. The number of methoxy groups -OCH3 is 1. The Labute approximate surface area is 209 Å². The van der Waals surface area contributed by atoms with Gasteiger partial charge in [-0.2, -0.15) is 0 Å². The molecule has 2 saturated heterocycles. The zero-order valence-corrected chi connectivity index (χ0v) is 20.5. The maximum absolute atomic E-state index is 13.4. The fourth-order valence-corrected chi connectivity index (χ4v) is 4.75. The van der Waals surface area contributed by atoms with E-state index in [1.807, 2.05) is 24.3 Å². The van der Waals surface area contributed by atoms with Crippen LogP contribution < -0.4 is 24.4 Å². The topological polar surface area (TPSA) is 101 Å². The zero-order chi connectivity index (χ0) is 25.3. The molecule has 3 aliphatic rings. The van der Waals surface area contributed by atoms with Gasteiger partial charge < -0.3 is 29.3 Å². The third kappa shape index (κ3) is 4.38. The first-order valence-electron chi connectivity index (χ1n) is 12.1. The van der Waals surface area contributed by atoms with Crippen molar-refractivity contribution in [1.29, 1.82) is 0 Å². The van der Waals surface area contributed by atoms with Gasteiger partial charge in [-0.1, -0.05) is 6.07 Å². The molecule has 0 aliphatic carbocycles. The van der Waals surface area contributed by atoms with Crippen molar-refractivity contribution < 1.29 is 28.6 Å². The third-order valence-corrected chi connectivity index (χ3v) is 6.96. The van der Waals surface area contributed by atoms with Gasteiger partial charge in [-0.25, -0.2) is 4.79 Å². The van der Waals surface area contributed by atoms with E-state index < -0.39 is 17.5 Å². The van der Waals surface area contributed by atoms with Crippen molar-refractivity contribution in [3.05, 3.63) is 48.0 Å². The van der Waals surface area contributed by atoms with Crippen LogP contribution in [0.1, 0.15) is 18.9 Å². The van der Waals surface area contributed by atoms with E-state index >= 15 is 0 Å². The molecule has 190 valence electrons. The van der Waals surface area contributed by atoms with E-state index in [1.54, 1.807) is 37.1 Å². The summed E-state index contributed by atoms with van der Waals surface area (Å²) >= 11 is 0. The summed E-state index contributed by atoms with van der Waals surface area (Å²) in [5, 5.41) is 2.77. The van der Waals surface area contributed by atoms with Crippen LogP contribution >= 0.6 is 0 Å². The number of ether oxygens (including phenoxy) is 3. The van der Waals surface area contributed by atoms with Crippen LogP contribution in [0.3, 0.4) is 0 Å². The Hall–Kier alpha value is -3.95. The molecule has 10 heteroatoms. The minimum absolute atomic E-state index is 0.254. The van der Waals surface area contributed by atoms with E-state index in [-0.39, 0.29) is 12.5 Å². The lowest BCUT2D eigenvalue weighted by atomic mass is 9.91. The highest BCUT2D eigenvalue weighted by molar-refractivity contribution is 6.09. The predicted octanol–water partition coefficient (Wildman–Crippen LogP) is 1.97. The van der Waals surface area contributed by atoms with Crippen molar-refractivity contribution in [2.24, 2.45) is 0 Å². The maximum Gasteiger partial charge on any atom is 0.325 e. The first kappa shape index (κ1) is 23.8. The Morgan fingerprint density at radius 3 is 2.39 bits per heavy atom. The SMILES string of the molecule is COc1ccc(N2CCN(C(=O)CN3C(=O)N[C@@](C)(c4ccc5c(c4)OCCCO5)C3=O)CC2)cc1. The summed E-state index contributed by atoms with van der Waals surface area (Å²) in [6, 6.07) is 12.4. The molecule has 0 aromatic heterocycles. The van der Waals surface area contributed by atoms with Gasteiger partial charge in [-0.15, -0.1) is 0 Å². The molecule has 0 radical (unpaired) electrons. The van der Waals surface area contributed by atoms with Gasteiger partial charge in [0.25, 0.3) is 5.91 Å². The summed E-state index contributed by atoms with van der Waals surface area (Å²) in [5.41, 5.74) is 0.339. The van der Waals surface area contributed by atoms with Crippen molar-refractivity contribution in [1.82, 2.24) is 15.1 Å². The van der Waals surface area contributed by atoms with E-state index in [2.05, 4.69) is 10.2 Å². The smallest absolute Gasteiger partial charge is 0.325 e. The molecule has 0 bridgehead atoms. The van der Waals surface area contributed by atoms with Gasteiger partial charge in [0, 0.05) is 38.3 Å². The van der Waals surface area contributed by atoms with Gasteiger partial charge >= 0.3 is 6.03 Å². The van der Waals surface area contributed by atoms with Crippen molar-refractivity contribution in [3.63, 3.8) is 0 Å². The number of amides is 4. The summed E-state index contributed by atoms with van der Waals surface area (Å²) < 4.78 is 16.6. The molecule has 5 rings (SSSR count). The molecule has 4 amide bonds. The maximum atomic E-state index is 13.4. The number of piperazine rings is 1. The van der Waals surface area contributed by atoms with Gasteiger partial charge in [-0.3, -0.25) is 14.5 Å². The molecule has 0 spiro atoms. The van der Waals surface area contributed by atoms with Crippen molar-refractivity contribution >= 4 is 23.5 Å². The second-order valence-electron chi connectivity index (χ2n) is 9.22. The van der Waals surface area contributed by atoms with Crippen LogP contribution in [0, 0.1) is 0 Å². The average Bonchev–Trinajstić information content (AvgIpc) is 3.05. The number of carbonyl (C=O) groups is 3. The number of fused-ring (bicyclic) bond motifs is 1. The minimum Gasteiger partial charge on any atom is -0.497 e. The minimum atomic E-state index is -1.30. The summed E-state index contributed by atoms with van der Waals surface area (Å²) in [7, 11) is 1.63. The van der Waals surface area contributed by atoms with Crippen LogP contribution in [0.2, 0.25) is 0 Å². The van der Waals surface area contributed by atoms with Gasteiger partial charge in [0.1, 0.15) is 17.8 Å². The zero-order valence-electron chi connectivity index (χ0n) is 20.5. The molecule has 2 fully saturated rings. The molecular formula is C26H30N4O6. The molecule has 36 heavy (non-hydrogen) atoms. The van der Waals surface area contributed by atoms with Gasteiger partial charge in [0.2, 0.25) is 5.91 Å². The lowest BCUT2D eigenvalue weighted by Gasteiger charge is -2.36. The van der Waals surface area contributed by atoms with Crippen LogP contribution in [0.5, 0.6) is 17.2 Å². The lowest BCUT2D eigenvalue weighted by Crippen LogP contribution is -2.52. The van der Waals surface area contributed by atoms with Gasteiger partial charge in [0.15, 0.2) is 11.5 Å². The van der Waals surface area contributed by atoms with E-state index in [4.69, 9.17) is 14.2 Å². The second kappa shape index (κ2) is 9.60. The van der Waals surface area contributed by atoms with E-state index in [1.165, 1.54) is 0 Å². The molecular weight excluding hydrogens is 464 g/mol. The summed E-state index contributed by atoms with van der Waals surface area (Å²) in [5.74, 6) is 1.22. The Balaban J connectivity index is 1.22. The Morgan fingerprint density at radius 1 is 1.00 bits per heavy atom. The van der Waals surface area contributed by atoms with E-state index in [0.29, 0.717) is 56.5 Å². The fraction of sp³-hybridized carbons (Fsp3) is 0.423. The summed E-state index contributed by atoms with van der Waals surface area (Å²) in [6.45, 7) is 4.75. The highest BCUT2D eigenvalue weighted by atomic mass is 16.5. The Kier molecular flexibility index (Phi) is 6.34. The van der Waals surface area contributed by atoms with Crippen molar-refractivity contribution in [2.45, 2.75) is 18.9 Å². The largest absolute Gasteiger partial charge is 0.497 e. The molecule has 0 saturated carbocycles. The molecule has 3 aliphatic heterocycles. The highest BCUT2D eigenvalue weighted by Gasteiger charge is 2.50. The number of nitrogens with one attached hydrogen (secondary N) is 1. The van der Waals surface area contributed by atoms with Crippen LogP contribution in [0.15, 0.2) is 42.5 Å². The predicted molar refractivity (Wildman–Crippen MR) is 131 cm³/mol. The lowest BCUT2D eigenvalue weighted by molar-refractivity contribution is -0.139. The van der Waals surface area contributed by atoms with Gasteiger partial charge in [-0.05, 0) is 48.9 Å². The number of nitrogens with zero attached hydrogens (tertiary/aromatic N) is 3. The molecule has 2 aromatic carbocycles. The number of imide groups is 1. The third-order valence-electron chi connectivity index (χ3n) is 6.96. The molecule has 1 atom stereocenters. The monoisotopic (exact) mass is 494 g/mol. The molecule has 10 nitrogen and oxygen atoms in total. The fourth-order valence-electron chi connectivity index (χ4n) is 4.75. The summed E-state index contributed by atoms with van der Waals surface area (Å²) in [6.07, 6.45) is 0.765. The molecule has 0 unspecified atom stereocenters. The number of rotatable bonds is 5. The van der Waals surface area contributed by atoms with Crippen LogP contribution in [-0.4, -0.2) is 80.7 Å². The summed E-state index contributed by atoms with van der Waals surface area (Å²) in [4.78, 5) is 44.1. The van der Waals surface area contributed by atoms with Crippen molar-refractivity contribution in [3.8, 4) is 17.2 Å². The van der Waals surface area contributed by atoms with Gasteiger partial charge in [0.05, 0.1) is 20.3 Å². The molecule has 1 N–H and O–H groups in total. The average molecular weight is 495 g/mol. The van der Waals surface area contributed by atoms with Crippen LogP contribution in [0.4, 0.5) is 10.5 Å². The Bertz CT molecular complexity index is 1160. The first-order valence-corrected chi connectivity index (χ1v) is 12.1. The van der Waals surface area contributed by atoms with Crippen molar-refractivity contribution in [2.75, 3.05) is 57.9 Å². The Morgan fingerprint density at radius 2 is 1.69 bits per heavy atom. The van der Waals surface area contributed by atoms with Crippen LogP contribution in [0.25, 0.3) is 0 Å². The quantitative estimate of drug-likeness (QED) is 0.635. The number of urea groups is 1. The number of hydrogen-bond donors (Lipinski definition) is 1. The standard InChI is InChI=1S/C26H30N4O6/c1-26(18-4-9-21-22(16-18)36-15-3-14-35-21)24(32)30(25(33)27-26)17-23(31)29-12-10-28(11-13-29)19-5-7-20(34-2)8-6-19/h4-9,16H,3,10-15,17H2,1-2H3,(H,27,33)/t26-/m0/s1. The van der Waals surface area contributed by atoms with E-state index in [0.717, 1.165) is 22.8 Å².